The average Bonchev–Trinajstić information content (AvgIpc) is 3.35. The maximum atomic E-state index is 14.0. The standard InChI is InChI=1S/C28H31FN2O4/c1-32-25-7-2-3-8-27(25)35-24(22-5-4-6-23(29)18-22)11-12-30-13-15-31(16-14-30)19-21-9-10-26-28(17-21)34-20-33-26/h2-10,17-18,24H,11-16,19-20H2,1H3/t24-/m1/s1. The summed E-state index contributed by atoms with van der Waals surface area (Å²) in [7, 11) is 1.63. The highest BCUT2D eigenvalue weighted by molar-refractivity contribution is 5.44. The second kappa shape index (κ2) is 11.0. The van der Waals surface area contributed by atoms with E-state index in [1.807, 2.05) is 36.4 Å². The summed E-state index contributed by atoms with van der Waals surface area (Å²) in [5.74, 6) is 2.73. The van der Waals surface area contributed by atoms with Gasteiger partial charge in [-0.15, -0.1) is 0 Å². The van der Waals surface area contributed by atoms with Gasteiger partial charge in [0.2, 0.25) is 6.79 Å². The van der Waals surface area contributed by atoms with E-state index >= 15 is 0 Å². The molecule has 0 spiro atoms. The molecule has 0 unspecified atom stereocenters. The van der Waals surface area contributed by atoms with Crippen LogP contribution in [0, 0.1) is 5.82 Å². The number of nitrogens with zero attached hydrogens (tertiary/aromatic N) is 2. The summed E-state index contributed by atoms with van der Waals surface area (Å²) in [6, 6.07) is 20.4. The Morgan fingerprint density at radius 2 is 1.63 bits per heavy atom. The molecule has 0 aliphatic carbocycles. The molecule has 3 aromatic rings. The Kier molecular flexibility index (Phi) is 7.35. The molecule has 1 atom stereocenters. The molecule has 2 aliphatic rings. The van der Waals surface area contributed by atoms with Gasteiger partial charge in [0.05, 0.1) is 7.11 Å². The summed E-state index contributed by atoms with van der Waals surface area (Å²) in [5, 5.41) is 0. The Balaban J connectivity index is 1.18. The van der Waals surface area contributed by atoms with Crippen LogP contribution in [0.3, 0.4) is 0 Å². The molecule has 6 nitrogen and oxygen atoms in total. The van der Waals surface area contributed by atoms with Crippen LogP contribution in [0.25, 0.3) is 0 Å². The van der Waals surface area contributed by atoms with Gasteiger partial charge in [-0.3, -0.25) is 4.90 Å². The fourth-order valence-electron chi connectivity index (χ4n) is 4.64. The van der Waals surface area contributed by atoms with Crippen LogP contribution in [-0.2, 0) is 6.54 Å². The summed E-state index contributed by atoms with van der Waals surface area (Å²) >= 11 is 0. The number of piperazine rings is 1. The van der Waals surface area contributed by atoms with Crippen molar-refractivity contribution >= 4 is 0 Å². The predicted octanol–water partition coefficient (Wildman–Crippen LogP) is 4.89. The zero-order valence-corrected chi connectivity index (χ0v) is 20.0. The number of ether oxygens (including phenoxy) is 4. The van der Waals surface area contributed by atoms with E-state index in [0.717, 1.165) is 62.8 Å². The summed E-state index contributed by atoms with van der Waals surface area (Å²) in [5.41, 5.74) is 2.07. The van der Waals surface area contributed by atoms with Gasteiger partial charge < -0.3 is 23.8 Å². The van der Waals surface area contributed by atoms with Crippen molar-refractivity contribution in [3.05, 3.63) is 83.7 Å². The highest BCUT2D eigenvalue weighted by atomic mass is 19.1. The molecule has 0 aromatic heterocycles. The topological polar surface area (TPSA) is 43.4 Å². The van der Waals surface area contributed by atoms with Crippen molar-refractivity contribution in [3.8, 4) is 23.0 Å². The highest BCUT2D eigenvalue weighted by Crippen LogP contribution is 2.34. The van der Waals surface area contributed by atoms with Crippen molar-refractivity contribution < 1.29 is 23.3 Å². The number of fused-ring (bicyclic) bond motifs is 1. The minimum absolute atomic E-state index is 0.256. The number of benzene rings is 3. The fourth-order valence-corrected chi connectivity index (χ4v) is 4.64. The third-order valence-corrected chi connectivity index (χ3v) is 6.57. The van der Waals surface area contributed by atoms with Crippen LogP contribution >= 0.6 is 0 Å². The van der Waals surface area contributed by atoms with Gasteiger partial charge >= 0.3 is 0 Å². The first-order chi connectivity index (χ1) is 17.2. The van der Waals surface area contributed by atoms with Crippen molar-refractivity contribution in [2.75, 3.05) is 46.6 Å². The van der Waals surface area contributed by atoms with Crippen molar-refractivity contribution in [1.29, 1.82) is 0 Å². The molecule has 184 valence electrons. The van der Waals surface area contributed by atoms with Crippen LogP contribution in [0.5, 0.6) is 23.0 Å². The second-order valence-corrected chi connectivity index (χ2v) is 8.91. The maximum absolute atomic E-state index is 14.0. The fraction of sp³-hybridized carbons (Fsp3) is 0.357. The Bertz CT molecular complexity index is 1130. The van der Waals surface area contributed by atoms with E-state index in [1.54, 1.807) is 19.2 Å². The van der Waals surface area contributed by atoms with Crippen molar-refractivity contribution in [2.45, 2.75) is 19.1 Å². The van der Waals surface area contributed by atoms with Crippen molar-refractivity contribution in [3.63, 3.8) is 0 Å². The average molecular weight is 479 g/mol. The van der Waals surface area contributed by atoms with Gasteiger partial charge in [0.1, 0.15) is 11.9 Å². The number of rotatable bonds is 9. The lowest BCUT2D eigenvalue weighted by molar-refractivity contribution is 0.105. The van der Waals surface area contributed by atoms with Crippen LogP contribution < -0.4 is 18.9 Å². The minimum Gasteiger partial charge on any atom is -0.493 e. The molecule has 5 rings (SSSR count). The first kappa shape index (κ1) is 23.5. The lowest BCUT2D eigenvalue weighted by Crippen LogP contribution is -2.46. The summed E-state index contributed by atoms with van der Waals surface area (Å²) in [4.78, 5) is 4.91. The molecule has 3 aromatic carbocycles. The number of hydrogen-bond donors (Lipinski definition) is 0. The molecule has 0 radical (unpaired) electrons. The number of methoxy groups -OCH3 is 1. The molecular formula is C28H31FN2O4. The predicted molar refractivity (Wildman–Crippen MR) is 132 cm³/mol. The van der Waals surface area contributed by atoms with Crippen LogP contribution in [0.2, 0.25) is 0 Å². The Morgan fingerprint density at radius 3 is 2.43 bits per heavy atom. The Morgan fingerprint density at radius 1 is 0.857 bits per heavy atom. The van der Waals surface area contributed by atoms with E-state index in [2.05, 4.69) is 21.9 Å². The number of hydrogen-bond acceptors (Lipinski definition) is 6. The number of para-hydroxylation sites is 2. The molecule has 7 heteroatoms. The van der Waals surface area contributed by atoms with Crippen LogP contribution in [-0.4, -0.2) is 56.4 Å². The maximum Gasteiger partial charge on any atom is 0.231 e. The van der Waals surface area contributed by atoms with Gasteiger partial charge in [-0.1, -0.05) is 30.3 Å². The molecule has 0 N–H and O–H groups in total. The van der Waals surface area contributed by atoms with Crippen molar-refractivity contribution in [1.82, 2.24) is 9.80 Å². The molecule has 0 saturated carbocycles. The smallest absolute Gasteiger partial charge is 0.231 e. The molecular weight excluding hydrogens is 447 g/mol. The molecule has 1 saturated heterocycles. The Labute approximate surface area is 205 Å². The lowest BCUT2D eigenvalue weighted by Gasteiger charge is -2.35. The molecule has 0 bridgehead atoms. The van der Waals surface area contributed by atoms with E-state index in [4.69, 9.17) is 18.9 Å². The molecule has 1 fully saturated rings. The SMILES string of the molecule is COc1ccccc1O[C@H](CCN1CCN(Cc2ccc3c(c2)OCO3)CC1)c1cccc(F)c1. The highest BCUT2D eigenvalue weighted by Gasteiger charge is 2.22. The first-order valence-corrected chi connectivity index (χ1v) is 12.1. The van der Waals surface area contributed by atoms with Crippen molar-refractivity contribution in [2.24, 2.45) is 0 Å². The third kappa shape index (κ3) is 5.86. The first-order valence-electron chi connectivity index (χ1n) is 12.1. The largest absolute Gasteiger partial charge is 0.493 e. The van der Waals surface area contributed by atoms with Crippen LogP contribution in [0.1, 0.15) is 23.7 Å². The van der Waals surface area contributed by atoms with Gasteiger partial charge in [-0.2, -0.15) is 0 Å². The van der Waals surface area contributed by atoms with Crippen LogP contribution in [0.4, 0.5) is 4.39 Å². The van der Waals surface area contributed by atoms with E-state index in [9.17, 15) is 4.39 Å². The van der Waals surface area contributed by atoms with E-state index in [1.165, 1.54) is 11.6 Å². The molecule has 2 aliphatic heterocycles. The zero-order chi connectivity index (χ0) is 24.0. The molecule has 35 heavy (non-hydrogen) atoms. The monoisotopic (exact) mass is 478 g/mol. The third-order valence-electron chi connectivity index (χ3n) is 6.57. The van der Waals surface area contributed by atoms with Gasteiger partial charge in [-0.25, -0.2) is 4.39 Å². The summed E-state index contributed by atoms with van der Waals surface area (Å²) in [6.45, 7) is 6.01. The van der Waals surface area contributed by atoms with Crippen LogP contribution in [0.15, 0.2) is 66.7 Å². The minimum atomic E-state index is -0.270. The van der Waals surface area contributed by atoms with Gasteiger partial charge in [0.25, 0.3) is 0 Å². The van der Waals surface area contributed by atoms with Gasteiger partial charge in [0.15, 0.2) is 23.0 Å². The normalized spacial score (nSPS) is 16.7. The van der Waals surface area contributed by atoms with E-state index < -0.39 is 0 Å². The van der Waals surface area contributed by atoms with E-state index in [-0.39, 0.29) is 11.9 Å². The van der Waals surface area contributed by atoms with Gasteiger partial charge in [0, 0.05) is 45.7 Å². The second-order valence-electron chi connectivity index (χ2n) is 8.91. The van der Waals surface area contributed by atoms with Gasteiger partial charge in [-0.05, 0) is 47.5 Å². The Hall–Kier alpha value is -3.29. The quantitative estimate of drug-likeness (QED) is 0.436. The summed E-state index contributed by atoms with van der Waals surface area (Å²) < 4.78 is 36.7. The zero-order valence-electron chi connectivity index (χ0n) is 20.0. The molecule has 2 heterocycles. The summed E-state index contributed by atoms with van der Waals surface area (Å²) in [6.07, 6.45) is 0.484. The molecule has 0 amide bonds. The number of halogens is 1. The lowest BCUT2D eigenvalue weighted by atomic mass is 10.1. The van der Waals surface area contributed by atoms with E-state index in [0.29, 0.717) is 18.3 Å².